The molecule has 0 saturated heterocycles. The maximum Gasteiger partial charge on any atom is 0.308 e. The third-order valence-electron chi connectivity index (χ3n) is 4.68. The molecule has 0 radical (unpaired) electrons. The van der Waals surface area contributed by atoms with Crippen LogP contribution >= 0.6 is 0 Å². The third kappa shape index (κ3) is 3.67. The molecule has 6 heteroatoms. The van der Waals surface area contributed by atoms with Gasteiger partial charge in [-0.05, 0) is 26.7 Å². The molecule has 1 aromatic heterocycles. The molecule has 0 bridgehead atoms. The summed E-state index contributed by atoms with van der Waals surface area (Å²) in [5.74, 6) is -1.39. The molecule has 0 spiro atoms. The average molecular weight is 307 g/mol. The molecule has 1 fully saturated rings. The minimum absolute atomic E-state index is 0.114. The number of carboxylic acids is 1. The van der Waals surface area contributed by atoms with E-state index in [1.807, 2.05) is 20.9 Å². The van der Waals surface area contributed by atoms with Crippen LogP contribution in [0.15, 0.2) is 0 Å². The van der Waals surface area contributed by atoms with Crippen molar-refractivity contribution < 1.29 is 14.7 Å². The topological polar surface area (TPSA) is 84.2 Å². The molecule has 6 nitrogen and oxygen atoms in total. The Balaban J connectivity index is 2.04. The van der Waals surface area contributed by atoms with Crippen LogP contribution in [0, 0.1) is 19.8 Å². The van der Waals surface area contributed by atoms with Crippen LogP contribution in [0.2, 0.25) is 0 Å². The Labute approximate surface area is 130 Å². The van der Waals surface area contributed by atoms with Crippen LogP contribution in [0.25, 0.3) is 0 Å². The lowest BCUT2D eigenvalue weighted by Gasteiger charge is -2.23. The van der Waals surface area contributed by atoms with Gasteiger partial charge < -0.3 is 10.4 Å². The Kier molecular flexibility index (Phi) is 5.21. The van der Waals surface area contributed by atoms with E-state index in [2.05, 4.69) is 10.4 Å². The van der Waals surface area contributed by atoms with Gasteiger partial charge >= 0.3 is 5.97 Å². The van der Waals surface area contributed by atoms with Crippen LogP contribution in [-0.4, -0.2) is 32.8 Å². The van der Waals surface area contributed by atoms with Gasteiger partial charge in [-0.3, -0.25) is 14.3 Å². The van der Waals surface area contributed by atoms with Gasteiger partial charge in [0, 0.05) is 24.3 Å². The van der Waals surface area contributed by atoms with Gasteiger partial charge in [-0.15, -0.1) is 0 Å². The average Bonchev–Trinajstić information content (AvgIpc) is 2.64. The standard InChI is InChI=1S/C16H25N3O3/c1-10-13(11(2)19(3)18-10)9-15(20)17-14-8-6-4-5-7-12(14)16(21)22/h12,14H,4-9H2,1-3H3,(H,17,20)(H,21,22)/t12-,14+/m1/s1. The summed E-state index contributed by atoms with van der Waals surface area (Å²) >= 11 is 0. The lowest BCUT2D eigenvalue weighted by atomic mass is 9.94. The summed E-state index contributed by atoms with van der Waals surface area (Å²) in [7, 11) is 1.86. The monoisotopic (exact) mass is 307 g/mol. The minimum Gasteiger partial charge on any atom is -0.481 e. The Morgan fingerprint density at radius 3 is 2.55 bits per heavy atom. The zero-order valence-corrected chi connectivity index (χ0v) is 13.6. The highest BCUT2D eigenvalue weighted by Crippen LogP contribution is 2.24. The van der Waals surface area contributed by atoms with Crippen molar-refractivity contribution in [2.75, 3.05) is 0 Å². The summed E-state index contributed by atoms with van der Waals surface area (Å²) in [5.41, 5.74) is 2.76. The lowest BCUT2D eigenvalue weighted by Crippen LogP contribution is -2.43. The second-order valence-electron chi connectivity index (χ2n) is 6.21. The van der Waals surface area contributed by atoms with Crippen molar-refractivity contribution in [3.05, 3.63) is 17.0 Å². The van der Waals surface area contributed by atoms with Gasteiger partial charge in [0.05, 0.1) is 18.0 Å². The molecule has 0 aliphatic heterocycles. The molecule has 1 heterocycles. The summed E-state index contributed by atoms with van der Waals surface area (Å²) in [6.45, 7) is 3.83. The van der Waals surface area contributed by atoms with Crippen molar-refractivity contribution in [2.45, 2.75) is 58.4 Å². The van der Waals surface area contributed by atoms with E-state index in [-0.39, 0.29) is 18.4 Å². The molecule has 122 valence electrons. The number of nitrogens with zero attached hydrogens (tertiary/aromatic N) is 2. The first-order valence-corrected chi connectivity index (χ1v) is 7.91. The van der Waals surface area contributed by atoms with Gasteiger partial charge in [0.15, 0.2) is 0 Å². The molecule has 1 aliphatic carbocycles. The van der Waals surface area contributed by atoms with Crippen LogP contribution in [-0.2, 0) is 23.1 Å². The normalized spacial score (nSPS) is 22.1. The van der Waals surface area contributed by atoms with E-state index in [4.69, 9.17) is 0 Å². The zero-order chi connectivity index (χ0) is 16.3. The molecule has 1 aromatic rings. The summed E-state index contributed by atoms with van der Waals surface area (Å²) in [6, 6.07) is -0.259. The van der Waals surface area contributed by atoms with Gasteiger partial charge in [0.2, 0.25) is 5.91 Å². The molecule has 22 heavy (non-hydrogen) atoms. The Morgan fingerprint density at radius 1 is 1.27 bits per heavy atom. The number of aryl methyl sites for hydroxylation is 2. The fraction of sp³-hybridized carbons (Fsp3) is 0.688. The molecule has 1 amide bonds. The fourth-order valence-electron chi connectivity index (χ4n) is 3.27. The zero-order valence-electron chi connectivity index (χ0n) is 13.6. The number of amides is 1. The predicted molar refractivity (Wildman–Crippen MR) is 82.5 cm³/mol. The highest BCUT2D eigenvalue weighted by Gasteiger charge is 2.30. The van der Waals surface area contributed by atoms with Crippen LogP contribution < -0.4 is 5.32 Å². The first kappa shape index (κ1) is 16.5. The van der Waals surface area contributed by atoms with Crippen molar-refractivity contribution in [1.29, 1.82) is 0 Å². The van der Waals surface area contributed by atoms with E-state index in [9.17, 15) is 14.7 Å². The largest absolute Gasteiger partial charge is 0.481 e. The van der Waals surface area contributed by atoms with Gasteiger partial charge in [0.1, 0.15) is 0 Å². The summed E-state index contributed by atoms with van der Waals surface area (Å²) in [4.78, 5) is 23.7. The SMILES string of the molecule is Cc1nn(C)c(C)c1CC(=O)N[C@H]1CCCCC[C@H]1C(=O)O. The summed E-state index contributed by atoms with van der Waals surface area (Å²) < 4.78 is 1.77. The van der Waals surface area contributed by atoms with Crippen molar-refractivity contribution in [3.63, 3.8) is 0 Å². The van der Waals surface area contributed by atoms with Crippen molar-refractivity contribution in [2.24, 2.45) is 13.0 Å². The first-order chi connectivity index (χ1) is 10.4. The number of hydrogen-bond donors (Lipinski definition) is 2. The Morgan fingerprint density at radius 2 is 1.95 bits per heavy atom. The van der Waals surface area contributed by atoms with E-state index in [0.29, 0.717) is 6.42 Å². The van der Waals surface area contributed by atoms with Crippen LogP contribution in [0.1, 0.15) is 49.1 Å². The number of aromatic nitrogens is 2. The molecule has 1 aliphatic rings. The van der Waals surface area contributed by atoms with Crippen LogP contribution in [0.5, 0.6) is 0 Å². The molecule has 2 atom stereocenters. The van der Waals surface area contributed by atoms with E-state index in [1.165, 1.54) is 0 Å². The molecular formula is C16H25N3O3. The summed E-state index contributed by atoms with van der Waals surface area (Å²) in [5, 5.41) is 16.6. The Bertz CT molecular complexity index is 565. The Hall–Kier alpha value is -1.85. The number of nitrogens with one attached hydrogen (secondary N) is 1. The van der Waals surface area contributed by atoms with E-state index in [1.54, 1.807) is 4.68 Å². The van der Waals surface area contributed by atoms with E-state index >= 15 is 0 Å². The van der Waals surface area contributed by atoms with Gasteiger partial charge in [-0.1, -0.05) is 19.3 Å². The number of carbonyl (C=O) groups is 2. The van der Waals surface area contributed by atoms with Crippen molar-refractivity contribution in [3.8, 4) is 0 Å². The van der Waals surface area contributed by atoms with E-state index in [0.717, 1.165) is 42.6 Å². The second kappa shape index (κ2) is 6.94. The molecule has 0 aromatic carbocycles. The first-order valence-electron chi connectivity index (χ1n) is 7.91. The number of rotatable bonds is 4. The number of carboxylic acid groups (broad SMARTS) is 1. The molecule has 2 rings (SSSR count). The van der Waals surface area contributed by atoms with Crippen LogP contribution in [0.3, 0.4) is 0 Å². The smallest absolute Gasteiger partial charge is 0.308 e. The predicted octanol–water partition coefficient (Wildman–Crippen LogP) is 1.73. The number of aliphatic carboxylic acids is 1. The molecule has 2 N–H and O–H groups in total. The van der Waals surface area contributed by atoms with Crippen molar-refractivity contribution >= 4 is 11.9 Å². The molecular weight excluding hydrogens is 282 g/mol. The van der Waals surface area contributed by atoms with Gasteiger partial charge in [-0.2, -0.15) is 5.10 Å². The van der Waals surface area contributed by atoms with Crippen LogP contribution in [0.4, 0.5) is 0 Å². The highest BCUT2D eigenvalue weighted by atomic mass is 16.4. The van der Waals surface area contributed by atoms with Gasteiger partial charge in [-0.25, -0.2) is 0 Å². The highest BCUT2D eigenvalue weighted by molar-refractivity contribution is 5.80. The van der Waals surface area contributed by atoms with Gasteiger partial charge in [0.25, 0.3) is 0 Å². The van der Waals surface area contributed by atoms with Crippen molar-refractivity contribution in [1.82, 2.24) is 15.1 Å². The number of hydrogen-bond acceptors (Lipinski definition) is 3. The van der Waals surface area contributed by atoms with E-state index < -0.39 is 11.9 Å². The fourth-order valence-corrected chi connectivity index (χ4v) is 3.27. The molecule has 0 unspecified atom stereocenters. The molecule has 1 saturated carbocycles. The third-order valence-corrected chi connectivity index (χ3v) is 4.68. The maximum atomic E-state index is 12.3. The quantitative estimate of drug-likeness (QED) is 0.830. The number of carbonyl (C=O) groups excluding carboxylic acids is 1. The lowest BCUT2D eigenvalue weighted by molar-refractivity contribution is -0.143. The second-order valence-corrected chi connectivity index (χ2v) is 6.21. The maximum absolute atomic E-state index is 12.3. The minimum atomic E-state index is -0.805. The summed E-state index contributed by atoms with van der Waals surface area (Å²) in [6.07, 6.45) is 4.58.